The third-order valence-corrected chi connectivity index (χ3v) is 2.80. The summed E-state index contributed by atoms with van der Waals surface area (Å²) in [7, 11) is 0. The molecule has 1 saturated heterocycles. The first-order valence-corrected chi connectivity index (χ1v) is 6.34. The van der Waals surface area contributed by atoms with Crippen molar-refractivity contribution in [2.24, 2.45) is 16.8 Å². The van der Waals surface area contributed by atoms with Crippen molar-refractivity contribution in [2.75, 3.05) is 19.6 Å². The van der Waals surface area contributed by atoms with E-state index in [9.17, 15) is 4.79 Å². The number of ether oxygens (including phenoxy) is 1. The van der Waals surface area contributed by atoms with Crippen LogP contribution in [0.25, 0.3) is 0 Å². The average molecular weight is 256 g/mol. The van der Waals surface area contributed by atoms with Crippen LogP contribution < -0.4 is 11.3 Å². The van der Waals surface area contributed by atoms with Crippen LogP contribution in [0.5, 0.6) is 0 Å². The van der Waals surface area contributed by atoms with Gasteiger partial charge in [-0.15, -0.1) is 0 Å². The van der Waals surface area contributed by atoms with E-state index in [-0.39, 0.29) is 6.09 Å². The van der Waals surface area contributed by atoms with Gasteiger partial charge in [-0.05, 0) is 39.5 Å². The first kappa shape index (κ1) is 14.8. The van der Waals surface area contributed by atoms with Gasteiger partial charge in [0.15, 0.2) is 0 Å². The van der Waals surface area contributed by atoms with Crippen molar-refractivity contribution in [3.63, 3.8) is 0 Å². The van der Waals surface area contributed by atoms with E-state index in [4.69, 9.17) is 10.6 Å². The monoisotopic (exact) mass is 256 g/mol. The zero-order chi connectivity index (χ0) is 13.6. The number of hydrogen-bond donors (Lipinski definition) is 2. The van der Waals surface area contributed by atoms with Crippen molar-refractivity contribution in [3.05, 3.63) is 0 Å². The number of carbonyl (C=O) groups is 1. The molecule has 1 aliphatic heterocycles. The van der Waals surface area contributed by atoms with Crippen LogP contribution >= 0.6 is 0 Å². The van der Waals surface area contributed by atoms with E-state index >= 15 is 0 Å². The van der Waals surface area contributed by atoms with Crippen LogP contribution in [0.2, 0.25) is 0 Å². The smallest absolute Gasteiger partial charge is 0.410 e. The molecule has 1 rings (SSSR count). The normalized spacial score (nSPS) is 18.1. The largest absolute Gasteiger partial charge is 0.444 e. The molecule has 1 fully saturated rings. The molecule has 0 unspecified atom stereocenters. The second kappa shape index (κ2) is 6.58. The van der Waals surface area contributed by atoms with Gasteiger partial charge in [0, 0.05) is 19.6 Å². The molecule has 1 heterocycles. The third-order valence-electron chi connectivity index (χ3n) is 2.80. The quantitative estimate of drug-likeness (QED) is 0.343. The summed E-state index contributed by atoms with van der Waals surface area (Å²) in [6.07, 6.45) is 3.20. The predicted octanol–water partition coefficient (Wildman–Crippen LogP) is 1.13. The Balaban J connectivity index is 2.30. The van der Waals surface area contributed by atoms with Crippen molar-refractivity contribution in [2.45, 2.75) is 39.2 Å². The highest BCUT2D eigenvalue weighted by Crippen LogP contribution is 2.19. The van der Waals surface area contributed by atoms with E-state index in [2.05, 4.69) is 10.4 Å². The van der Waals surface area contributed by atoms with Gasteiger partial charge < -0.3 is 15.1 Å². The molecule has 0 bridgehead atoms. The molecule has 1 amide bonds. The van der Waals surface area contributed by atoms with Gasteiger partial charge >= 0.3 is 6.09 Å². The number of nitrogens with one attached hydrogen (secondary N) is 1. The first-order valence-electron chi connectivity index (χ1n) is 6.34. The van der Waals surface area contributed by atoms with Crippen LogP contribution in [0, 0.1) is 5.92 Å². The van der Waals surface area contributed by atoms with Crippen LogP contribution in [0.1, 0.15) is 33.6 Å². The number of carbonyl (C=O) groups excluding carboxylic acids is 1. The summed E-state index contributed by atoms with van der Waals surface area (Å²) in [5.74, 6) is 5.62. The molecule has 3 N–H and O–H groups in total. The van der Waals surface area contributed by atoms with Gasteiger partial charge in [-0.3, -0.25) is 4.99 Å². The van der Waals surface area contributed by atoms with E-state index in [1.807, 2.05) is 20.8 Å². The Kier molecular flexibility index (Phi) is 5.40. The Morgan fingerprint density at radius 1 is 1.50 bits per heavy atom. The molecule has 6 heteroatoms. The summed E-state index contributed by atoms with van der Waals surface area (Å²) in [5.41, 5.74) is 1.96. The minimum absolute atomic E-state index is 0.215. The molecule has 0 spiro atoms. The van der Waals surface area contributed by atoms with Gasteiger partial charge in [0.2, 0.25) is 0 Å². The van der Waals surface area contributed by atoms with Crippen molar-refractivity contribution in [1.29, 1.82) is 0 Å². The first-order chi connectivity index (χ1) is 8.42. The Bertz CT molecular complexity index is 291. The number of likely N-dealkylation sites (tertiary alicyclic amines) is 1. The highest BCUT2D eigenvalue weighted by Gasteiger charge is 2.26. The fourth-order valence-electron chi connectivity index (χ4n) is 1.88. The minimum Gasteiger partial charge on any atom is -0.444 e. The van der Waals surface area contributed by atoms with E-state index in [0.717, 1.165) is 32.5 Å². The van der Waals surface area contributed by atoms with Gasteiger partial charge in [0.1, 0.15) is 5.60 Å². The molecule has 6 nitrogen and oxygen atoms in total. The SMILES string of the molecule is CC(C)(C)OC(=O)N1CCC(CN=CNN)CC1. The summed E-state index contributed by atoms with van der Waals surface area (Å²) in [6.45, 7) is 7.88. The molecule has 1 aliphatic rings. The molecule has 0 saturated carbocycles. The maximum Gasteiger partial charge on any atom is 0.410 e. The second-order valence-electron chi connectivity index (χ2n) is 5.57. The van der Waals surface area contributed by atoms with Crippen molar-refractivity contribution < 1.29 is 9.53 Å². The number of amides is 1. The number of aliphatic imine (C=N–C) groups is 1. The van der Waals surface area contributed by atoms with E-state index in [1.54, 1.807) is 4.90 Å². The van der Waals surface area contributed by atoms with E-state index in [1.165, 1.54) is 6.34 Å². The topological polar surface area (TPSA) is 80.0 Å². The van der Waals surface area contributed by atoms with Crippen molar-refractivity contribution in [3.8, 4) is 0 Å². The van der Waals surface area contributed by atoms with Gasteiger partial charge in [0.25, 0.3) is 0 Å². The molecule has 104 valence electrons. The zero-order valence-electron chi connectivity index (χ0n) is 11.5. The van der Waals surface area contributed by atoms with Crippen LogP contribution in [-0.2, 0) is 4.74 Å². The highest BCUT2D eigenvalue weighted by molar-refractivity contribution is 5.68. The van der Waals surface area contributed by atoms with E-state index < -0.39 is 5.60 Å². The van der Waals surface area contributed by atoms with Gasteiger partial charge in [-0.2, -0.15) is 0 Å². The van der Waals surface area contributed by atoms with Gasteiger partial charge in [-0.1, -0.05) is 0 Å². The van der Waals surface area contributed by atoms with E-state index in [0.29, 0.717) is 5.92 Å². The lowest BCUT2D eigenvalue weighted by Crippen LogP contribution is -2.42. The maximum absolute atomic E-state index is 11.8. The molecular formula is C12H24N4O2. The Morgan fingerprint density at radius 3 is 2.61 bits per heavy atom. The number of hydrazine groups is 1. The Labute approximate surface area is 109 Å². The fourth-order valence-corrected chi connectivity index (χ4v) is 1.88. The summed E-state index contributed by atoms with van der Waals surface area (Å²) in [5, 5.41) is 0. The molecule has 0 radical (unpaired) electrons. The number of hydrogen-bond acceptors (Lipinski definition) is 4. The molecule has 0 aromatic rings. The van der Waals surface area contributed by atoms with Gasteiger partial charge in [-0.25, -0.2) is 10.6 Å². The summed E-state index contributed by atoms with van der Waals surface area (Å²) in [4.78, 5) is 17.7. The lowest BCUT2D eigenvalue weighted by Gasteiger charge is -2.32. The molecule has 18 heavy (non-hydrogen) atoms. The Hall–Kier alpha value is -1.30. The highest BCUT2D eigenvalue weighted by atomic mass is 16.6. The number of rotatable bonds is 3. The predicted molar refractivity (Wildman–Crippen MR) is 71.2 cm³/mol. The average Bonchev–Trinajstić information content (AvgIpc) is 2.28. The molecular weight excluding hydrogens is 232 g/mol. The molecule has 0 aromatic carbocycles. The molecule has 0 aromatic heterocycles. The number of piperidine rings is 1. The summed E-state index contributed by atoms with van der Waals surface area (Å²) < 4.78 is 5.34. The Morgan fingerprint density at radius 2 is 2.11 bits per heavy atom. The number of nitrogens with zero attached hydrogens (tertiary/aromatic N) is 2. The number of nitrogens with two attached hydrogens (primary N) is 1. The second-order valence-corrected chi connectivity index (χ2v) is 5.57. The zero-order valence-corrected chi connectivity index (χ0v) is 11.5. The van der Waals surface area contributed by atoms with Crippen LogP contribution in [0.15, 0.2) is 4.99 Å². The standard InChI is InChI=1S/C12H24N4O2/c1-12(2,3)18-11(17)16-6-4-10(5-7-16)8-14-9-15-13/h9-10H,4-8,13H2,1-3H3,(H,14,15). The van der Waals surface area contributed by atoms with Crippen molar-refractivity contribution >= 4 is 12.4 Å². The van der Waals surface area contributed by atoms with Crippen LogP contribution in [0.4, 0.5) is 4.79 Å². The van der Waals surface area contributed by atoms with Crippen LogP contribution in [-0.4, -0.2) is 42.6 Å². The summed E-state index contributed by atoms with van der Waals surface area (Å²) in [6, 6.07) is 0. The lowest BCUT2D eigenvalue weighted by molar-refractivity contribution is 0.0187. The fraction of sp³-hybridized carbons (Fsp3) is 0.833. The van der Waals surface area contributed by atoms with Crippen LogP contribution in [0.3, 0.4) is 0 Å². The molecule has 0 atom stereocenters. The minimum atomic E-state index is -0.426. The third kappa shape index (κ3) is 5.35. The molecule has 0 aliphatic carbocycles. The lowest BCUT2D eigenvalue weighted by atomic mass is 9.97. The maximum atomic E-state index is 11.8. The van der Waals surface area contributed by atoms with Gasteiger partial charge in [0.05, 0.1) is 6.34 Å². The summed E-state index contributed by atoms with van der Waals surface area (Å²) >= 11 is 0. The van der Waals surface area contributed by atoms with Crippen molar-refractivity contribution in [1.82, 2.24) is 10.3 Å².